The highest BCUT2D eigenvalue weighted by Gasteiger charge is 2.30. The van der Waals surface area contributed by atoms with Gasteiger partial charge in [0.2, 0.25) is 0 Å². The number of anilines is 1. The number of piperidine rings is 1. The van der Waals surface area contributed by atoms with Gasteiger partial charge in [0.05, 0.1) is 6.04 Å². The number of aromatic nitrogens is 1. The molecule has 0 unspecified atom stereocenters. The summed E-state index contributed by atoms with van der Waals surface area (Å²) in [6.07, 6.45) is 7.88. The average Bonchev–Trinajstić information content (AvgIpc) is 3.19. The maximum Gasteiger partial charge on any atom is 0.254 e. The van der Waals surface area contributed by atoms with Crippen LogP contribution in [0.4, 0.5) is 5.82 Å². The van der Waals surface area contributed by atoms with Crippen molar-refractivity contribution >= 4 is 11.7 Å². The molecule has 25 heavy (non-hydrogen) atoms. The lowest BCUT2D eigenvalue weighted by Gasteiger charge is -2.29. The molecular weight excluding hydrogens is 310 g/mol. The van der Waals surface area contributed by atoms with Crippen molar-refractivity contribution in [3.05, 3.63) is 59.8 Å². The smallest absolute Gasteiger partial charge is 0.254 e. The van der Waals surface area contributed by atoms with Crippen LogP contribution in [0.2, 0.25) is 0 Å². The van der Waals surface area contributed by atoms with Crippen molar-refractivity contribution < 1.29 is 4.79 Å². The number of hydrogen-bond acceptors (Lipinski definition) is 3. The molecule has 0 N–H and O–H groups in total. The molecule has 1 aromatic heterocycles. The Bertz CT molecular complexity index is 708. The Kier molecular flexibility index (Phi) is 4.68. The molecule has 130 valence electrons. The summed E-state index contributed by atoms with van der Waals surface area (Å²) < 4.78 is 0. The molecule has 4 nitrogen and oxygen atoms in total. The van der Waals surface area contributed by atoms with E-state index in [2.05, 4.69) is 17.0 Å². The SMILES string of the molecule is O=C(c1ccccc1)N1CCC[C@H]1c1ccc(N2CCCCC2)nc1. The van der Waals surface area contributed by atoms with Gasteiger partial charge in [0.15, 0.2) is 0 Å². The third-order valence-electron chi connectivity index (χ3n) is 5.37. The number of benzene rings is 1. The molecule has 0 aliphatic carbocycles. The molecule has 3 heterocycles. The van der Waals surface area contributed by atoms with Crippen LogP contribution in [0.1, 0.15) is 54.1 Å². The number of nitrogens with zero attached hydrogens (tertiary/aromatic N) is 3. The van der Waals surface area contributed by atoms with Gasteiger partial charge in [-0.3, -0.25) is 4.79 Å². The molecule has 2 aliphatic heterocycles. The fraction of sp³-hybridized carbons (Fsp3) is 0.429. The van der Waals surface area contributed by atoms with Gasteiger partial charge in [0.25, 0.3) is 5.91 Å². The van der Waals surface area contributed by atoms with E-state index in [1.165, 1.54) is 19.3 Å². The first kappa shape index (κ1) is 16.1. The Hall–Kier alpha value is -2.36. The zero-order valence-corrected chi connectivity index (χ0v) is 14.6. The normalized spacial score (nSPS) is 20.7. The summed E-state index contributed by atoms with van der Waals surface area (Å²) >= 11 is 0. The van der Waals surface area contributed by atoms with Crippen LogP contribution >= 0.6 is 0 Å². The van der Waals surface area contributed by atoms with Crippen LogP contribution in [0.3, 0.4) is 0 Å². The van der Waals surface area contributed by atoms with E-state index in [0.717, 1.165) is 49.4 Å². The van der Waals surface area contributed by atoms with Gasteiger partial charge in [-0.2, -0.15) is 0 Å². The molecule has 0 saturated carbocycles. The number of carbonyl (C=O) groups excluding carboxylic acids is 1. The van der Waals surface area contributed by atoms with Crippen molar-refractivity contribution in [3.8, 4) is 0 Å². The first-order valence-corrected chi connectivity index (χ1v) is 9.40. The van der Waals surface area contributed by atoms with Crippen LogP contribution in [0.25, 0.3) is 0 Å². The van der Waals surface area contributed by atoms with Gasteiger partial charge in [-0.05, 0) is 55.9 Å². The van der Waals surface area contributed by atoms with Crippen molar-refractivity contribution in [2.24, 2.45) is 0 Å². The number of rotatable bonds is 3. The number of pyridine rings is 1. The Morgan fingerprint density at radius 1 is 0.920 bits per heavy atom. The second-order valence-electron chi connectivity index (χ2n) is 7.02. The van der Waals surface area contributed by atoms with Crippen molar-refractivity contribution in [2.75, 3.05) is 24.5 Å². The minimum atomic E-state index is 0.128. The van der Waals surface area contributed by atoms with Gasteiger partial charge < -0.3 is 9.80 Å². The zero-order valence-electron chi connectivity index (χ0n) is 14.6. The van der Waals surface area contributed by atoms with Crippen LogP contribution in [-0.2, 0) is 0 Å². The van der Waals surface area contributed by atoms with Crippen molar-refractivity contribution in [2.45, 2.75) is 38.1 Å². The van der Waals surface area contributed by atoms with Crippen LogP contribution < -0.4 is 4.90 Å². The van der Waals surface area contributed by atoms with Crippen LogP contribution in [-0.4, -0.2) is 35.4 Å². The molecular formula is C21H25N3O. The monoisotopic (exact) mass is 335 g/mol. The van der Waals surface area contributed by atoms with Crippen molar-refractivity contribution in [1.82, 2.24) is 9.88 Å². The minimum absolute atomic E-state index is 0.128. The molecule has 0 radical (unpaired) electrons. The highest BCUT2D eigenvalue weighted by Crippen LogP contribution is 2.33. The Balaban J connectivity index is 1.51. The topological polar surface area (TPSA) is 36.4 Å². The van der Waals surface area contributed by atoms with Gasteiger partial charge in [0, 0.05) is 31.4 Å². The van der Waals surface area contributed by atoms with Gasteiger partial charge in [-0.1, -0.05) is 24.3 Å². The largest absolute Gasteiger partial charge is 0.357 e. The predicted molar refractivity (Wildman–Crippen MR) is 99.8 cm³/mol. The van der Waals surface area contributed by atoms with Gasteiger partial charge in [-0.15, -0.1) is 0 Å². The molecule has 0 bridgehead atoms. The lowest BCUT2D eigenvalue weighted by molar-refractivity contribution is 0.0735. The second-order valence-corrected chi connectivity index (χ2v) is 7.02. The van der Waals surface area contributed by atoms with E-state index < -0.39 is 0 Å². The highest BCUT2D eigenvalue weighted by molar-refractivity contribution is 5.94. The first-order valence-electron chi connectivity index (χ1n) is 9.40. The minimum Gasteiger partial charge on any atom is -0.357 e. The van der Waals surface area contributed by atoms with Crippen LogP contribution in [0.15, 0.2) is 48.7 Å². The number of hydrogen-bond donors (Lipinski definition) is 0. The van der Waals surface area contributed by atoms with E-state index >= 15 is 0 Å². The number of amides is 1. The molecule has 4 rings (SSSR count). The van der Waals surface area contributed by atoms with E-state index in [9.17, 15) is 4.79 Å². The summed E-state index contributed by atoms with van der Waals surface area (Å²) in [7, 11) is 0. The van der Waals surface area contributed by atoms with E-state index in [4.69, 9.17) is 4.98 Å². The van der Waals surface area contributed by atoms with E-state index in [-0.39, 0.29) is 11.9 Å². The first-order chi connectivity index (χ1) is 12.3. The van der Waals surface area contributed by atoms with Gasteiger partial charge in [0.1, 0.15) is 5.82 Å². The fourth-order valence-electron chi connectivity index (χ4n) is 4.01. The summed E-state index contributed by atoms with van der Waals surface area (Å²) in [6, 6.07) is 14.0. The number of likely N-dealkylation sites (tertiary alicyclic amines) is 1. The Morgan fingerprint density at radius 2 is 1.72 bits per heavy atom. The third kappa shape index (κ3) is 3.39. The predicted octanol–water partition coefficient (Wildman–Crippen LogP) is 4.05. The summed E-state index contributed by atoms with van der Waals surface area (Å²) in [5.74, 6) is 1.20. The number of carbonyl (C=O) groups is 1. The van der Waals surface area contributed by atoms with E-state index in [1.54, 1.807) is 0 Å². The summed E-state index contributed by atoms with van der Waals surface area (Å²) in [5, 5.41) is 0. The Morgan fingerprint density at radius 3 is 2.44 bits per heavy atom. The standard InChI is InChI=1S/C21H25N3O/c25-21(17-8-3-1-4-9-17)24-15-7-10-19(24)18-11-12-20(22-16-18)23-13-5-2-6-14-23/h1,3-4,8-9,11-12,16,19H,2,5-7,10,13-15H2/t19-/m0/s1. The van der Waals surface area contributed by atoms with E-state index in [0.29, 0.717) is 0 Å². The molecule has 1 amide bonds. The zero-order chi connectivity index (χ0) is 17.1. The molecule has 4 heteroatoms. The molecule has 2 aromatic rings. The van der Waals surface area contributed by atoms with Crippen molar-refractivity contribution in [1.29, 1.82) is 0 Å². The molecule has 1 aromatic carbocycles. The summed E-state index contributed by atoms with van der Waals surface area (Å²) in [4.78, 5) is 21.9. The highest BCUT2D eigenvalue weighted by atomic mass is 16.2. The quantitative estimate of drug-likeness (QED) is 0.849. The molecule has 2 aliphatic rings. The maximum atomic E-state index is 12.8. The average molecular weight is 335 g/mol. The fourth-order valence-corrected chi connectivity index (χ4v) is 4.01. The molecule has 2 saturated heterocycles. The van der Waals surface area contributed by atoms with Gasteiger partial charge >= 0.3 is 0 Å². The lowest BCUT2D eigenvalue weighted by atomic mass is 10.1. The van der Waals surface area contributed by atoms with Gasteiger partial charge in [-0.25, -0.2) is 4.98 Å². The van der Waals surface area contributed by atoms with E-state index in [1.807, 2.05) is 41.4 Å². The molecule has 2 fully saturated rings. The summed E-state index contributed by atoms with van der Waals surface area (Å²) in [6.45, 7) is 3.04. The van der Waals surface area contributed by atoms with Crippen molar-refractivity contribution in [3.63, 3.8) is 0 Å². The maximum absolute atomic E-state index is 12.8. The Labute approximate surface area is 149 Å². The second kappa shape index (κ2) is 7.26. The van der Waals surface area contributed by atoms with Crippen LogP contribution in [0, 0.1) is 0 Å². The molecule has 0 spiro atoms. The molecule has 1 atom stereocenters. The third-order valence-corrected chi connectivity index (χ3v) is 5.37. The summed E-state index contributed by atoms with van der Waals surface area (Å²) in [5.41, 5.74) is 1.93. The van der Waals surface area contributed by atoms with Crippen LogP contribution in [0.5, 0.6) is 0 Å². The lowest BCUT2D eigenvalue weighted by Crippen LogP contribution is -2.31.